The topological polar surface area (TPSA) is 54.9 Å². The molecule has 0 bridgehead atoms. The smallest absolute Gasteiger partial charge is 0.191 e. The highest BCUT2D eigenvalue weighted by Gasteiger charge is 2.05. The van der Waals surface area contributed by atoms with Gasteiger partial charge in [-0.2, -0.15) is 0 Å². The van der Waals surface area contributed by atoms with Crippen molar-refractivity contribution >= 4 is 5.96 Å². The van der Waals surface area contributed by atoms with E-state index >= 15 is 0 Å². The maximum absolute atomic E-state index is 12.9. The van der Waals surface area contributed by atoms with Crippen molar-refractivity contribution in [3.63, 3.8) is 0 Å². The van der Waals surface area contributed by atoms with Crippen LogP contribution in [0.15, 0.2) is 47.5 Å². The molecule has 134 valence electrons. The Morgan fingerprint density at radius 1 is 0.960 bits per heavy atom. The van der Waals surface area contributed by atoms with Crippen LogP contribution in [0.1, 0.15) is 11.1 Å². The molecular weight excluding hydrogens is 321 g/mol. The van der Waals surface area contributed by atoms with E-state index in [1.165, 1.54) is 12.1 Å². The van der Waals surface area contributed by atoms with Crippen molar-refractivity contribution in [1.82, 2.24) is 10.6 Å². The molecule has 0 amide bonds. The van der Waals surface area contributed by atoms with Crippen LogP contribution in [0.3, 0.4) is 0 Å². The van der Waals surface area contributed by atoms with Gasteiger partial charge in [-0.3, -0.25) is 4.99 Å². The van der Waals surface area contributed by atoms with Gasteiger partial charge in [-0.05, 0) is 41.8 Å². The van der Waals surface area contributed by atoms with Gasteiger partial charge < -0.3 is 20.1 Å². The van der Waals surface area contributed by atoms with E-state index in [0.29, 0.717) is 12.5 Å². The first-order valence-electron chi connectivity index (χ1n) is 8.06. The van der Waals surface area contributed by atoms with E-state index in [1.54, 1.807) is 33.4 Å². The van der Waals surface area contributed by atoms with Gasteiger partial charge in [-0.1, -0.05) is 18.2 Å². The summed E-state index contributed by atoms with van der Waals surface area (Å²) < 4.78 is 23.5. The predicted molar refractivity (Wildman–Crippen MR) is 97.9 cm³/mol. The number of benzene rings is 2. The van der Waals surface area contributed by atoms with Crippen LogP contribution < -0.4 is 20.1 Å². The van der Waals surface area contributed by atoms with Crippen LogP contribution in [-0.4, -0.2) is 33.8 Å². The SMILES string of the molecule is CN=C(NCCc1ccc(OC)c(OC)c1)NCc1ccc(F)cc1. The minimum absolute atomic E-state index is 0.235. The minimum Gasteiger partial charge on any atom is -0.493 e. The molecule has 0 aliphatic heterocycles. The molecule has 0 fully saturated rings. The van der Waals surface area contributed by atoms with Gasteiger partial charge in [0.1, 0.15) is 5.82 Å². The summed E-state index contributed by atoms with van der Waals surface area (Å²) in [6.45, 7) is 1.30. The van der Waals surface area contributed by atoms with Gasteiger partial charge in [0.25, 0.3) is 0 Å². The minimum atomic E-state index is -0.235. The lowest BCUT2D eigenvalue weighted by Crippen LogP contribution is -2.37. The molecule has 2 N–H and O–H groups in total. The zero-order chi connectivity index (χ0) is 18.1. The van der Waals surface area contributed by atoms with Crippen molar-refractivity contribution in [2.24, 2.45) is 4.99 Å². The highest BCUT2D eigenvalue weighted by Crippen LogP contribution is 2.27. The molecule has 0 spiro atoms. The van der Waals surface area contributed by atoms with E-state index in [9.17, 15) is 4.39 Å². The van der Waals surface area contributed by atoms with Crippen LogP contribution in [0.5, 0.6) is 11.5 Å². The normalized spacial score (nSPS) is 11.1. The zero-order valence-corrected chi connectivity index (χ0v) is 14.8. The van der Waals surface area contributed by atoms with Crippen LogP contribution in [-0.2, 0) is 13.0 Å². The lowest BCUT2D eigenvalue weighted by molar-refractivity contribution is 0.354. The van der Waals surface area contributed by atoms with Gasteiger partial charge in [0.2, 0.25) is 0 Å². The highest BCUT2D eigenvalue weighted by molar-refractivity contribution is 5.79. The molecule has 0 atom stereocenters. The van der Waals surface area contributed by atoms with Gasteiger partial charge >= 0.3 is 0 Å². The lowest BCUT2D eigenvalue weighted by atomic mass is 10.1. The lowest BCUT2D eigenvalue weighted by Gasteiger charge is -2.13. The molecule has 2 aromatic rings. The molecule has 0 saturated heterocycles. The summed E-state index contributed by atoms with van der Waals surface area (Å²) in [4.78, 5) is 4.19. The summed E-state index contributed by atoms with van der Waals surface area (Å²) in [5.74, 6) is 1.90. The Bertz CT molecular complexity index is 702. The van der Waals surface area contributed by atoms with Crippen LogP contribution in [0.4, 0.5) is 4.39 Å². The van der Waals surface area contributed by atoms with Crippen molar-refractivity contribution in [3.8, 4) is 11.5 Å². The monoisotopic (exact) mass is 345 g/mol. The maximum Gasteiger partial charge on any atom is 0.191 e. The predicted octanol–water partition coefficient (Wildman–Crippen LogP) is 2.75. The summed E-state index contributed by atoms with van der Waals surface area (Å²) >= 11 is 0. The summed E-state index contributed by atoms with van der Waals surface area (Å²) in [6, 6.07) is 12.3. The van der Waals surface area contributed by atoms with Crippen LogP contribution in [0, 0.1) is 5.82 Å². The summed E-state index contributed by atoms with van der Waals surface area (Å²) in [5.41, 5.74) is 2.13. The highest BCUT2D eigenvalue weighted by atomic mass is 19.1. The van der Waals surface area contributed by atoms with Crippen LogP contribution >= 0.6 is 0 Å². The van der Waals surface area contributed by atoms with E-state index in [4.69, 9.17) is 9.47 Å². The number of hydrogen-bond donors (Lipinski definition) is 2. The van der Waals surface area contributed by atoms with Gasteiger partial charge in [0, 0.05) is 20.1 Å². The molecule has 0 heterocycles. The molecular formula is C19H24FN3O2. The third-order valence-corrected chi connectivity index (χ3v) is 3.75. The fourth-order valence-corrected chi connectivity index (χ4v) is 2.37. The number of halogens is 1. The molecule has 0 aliphatic rings. The summed E-state index contributed by atoms with van der Waals surface area (Å²) in [6.07, 6.45) is 0.817. The van der Waals surface area contributed by atoms with E-state index < -0.39 is 0 Å². The van der Waals surface area contributed by atoms with E-state index in [2.05, 4.69) is 15.6 Å². The fourth-order valence-electron chi connectivity index (χ4n) is 2.37. The Labute approximate surface area is 147 Å². The first-order chi connectivity index (χ1) is 12.2. The van der Waals surface area contributed by atoms with Gasteiger partial charge in [-0.25, -0.2) is 4.39 Å². The van der Waals surface area contributed by atoms with Gasteiger partial charge in [0.05, 0.1) is 14.2 Å². The first kappa shape index (κ1) is 18.6. The Kier molecular flexibility index (Phi) is 7.07. The number of aliphatic imine (C=N–C) groups is 1. The Balaban J connectivity index is 1.82. The Morgan fingerprint density at radius 3 is 2.28 bits per heavy atom. The average Bonchev–Trinajstić information content (AvgIpc) is 2.65. The molecule has 0 aliphatic carbocycles. The molecule has 25 heavy (non-hydrogen) atoms. The first-order valence-corrected chi connectivity index (χ1v) is 8.06. The quantitative estimate of drug-likeness (QED) is 0.598. The maximum atomic E-state index is 12.9. The standard InChI is InChI=1S/C19H24FN3O2/c1-21-19(23-13-15-4-7-16(20)8-5-15)22-11-10-14-6-9-17(24-2)18(12-14)25-3/h4-9,12H,10-11,13H2,1-3H3,(H2,21,22,23). The van der Waals surface area contributed by atoms with Crippen molar-refractivity contribution in [3.05, 3.63) is 59.4 Å². The molecule has 2 aromatic carbocycles. The largest absolute Gasteiger partial charge is 0.493 e. The molecule has 2 rings (SSSR count). The number of guanidine groups is 1. The molecule has 0 radical (unpaired) electrons. The Morgan fingerprint density at radius 2 is 1.64 bits per heavy atom. The van der Waals surface area contributed by atoms with Crippen LogP contribution in [0.2, 0.25) is 0 Å². The Hall–Kier alpha value is -2.76. The van der Waals surface area contributed by atoms with Crippen molar-refractivity contribution in [2.75, 3.05) is 27.8 Å². The van der Waals surface area contributed by atoms with Crippen molar-refractivity contribution < 1.29 is 13.9 Å². The number of nitrogens with one attached hydrogen (secondary N) is 2. The zero-order valence-electron chi connectivity index (χ0n) is 14.8. The second-order valence-electron chi connectivity index (χ2n) is 5.42. The van der Waals surface area contributed by atoms with Gasteiger partial charge in [0.15, 0.2) is 17.5 Å². The van der Waals surface area contributed by atoms with E-state index in [0.717, 1.165) is 35.6 Å². The average molecular weight is 345 g/mol. The van der Waals surface area contributed by atoms with Crippen molar-refractivity contribution in [1.29, 1.82) is 0 Å². The van der Waals surface area contributed by atoms with Gasteiger partial charge in [-0.15, -0.1) is 0 Å². The number of ether oxygens (including phenoxy) is 2. The second-order valence-corrected chi connectivity index (χ2v) is 5.42. The van der Waals surface area contributed by atoms with E-state index in [-0.39, 0.29) is 5.82 Å². The third kappa shape index (κ3) is 5.67. The third-order valence-electron chi connectivity index (χ3n) is 3.75. The summed E-state index contributed by atoms with van der Waals surface area (Å²) in [5, 5.41) is 6.46. The second kappa shape index (κ2) is 9.52. The number of methoxy groups -OCH3 is 2. The summed E-state index contributed by atoms with van der Waals surface area (Å²) in [7, 11) is 4.97. The number of rotatable bonds is 7. The fraction of sp³-hybridized carbons (Fsp3) is 0.316. The molecule has 0 aromatic heterocycles. The van der Waals surface area contributed by atoms with Crippen LogP contribution in [0.25, 0.3) is 0 Å². The molecule has 0 saturated carbocycles. The number of nitrogens with zero attached hydrogens (tertiary/aromatic N) is 1. The van der Waals surface area contributed by atoms with E-state index in [1.807, 2.05) is 18.2 Å². The molecule has 6 heteroatoms. The van der Waals surface area contributed by atoms with Crippen molar-refractivity contribution in [2.45, 2.75) is 13.0 Å². The molecule has 0 unspecified atom stereocenters. The molecule has 5 nitrogen and oxygen atoms in total. The number of hydrogen-bond acceptors (Lipinski definition) is 3.